The average molecular weight is 276 g/mol. The van der Waals surface area contributed by atoms with Crippen molar-refractivity contribution in [2.45, 2.75) is 0 Å². The molecule has 0 aromatic carbocycles. The highest BCUT2D eigenvalue weighted by molar-refractivity contribution is 14.2. The fourth-order valence-electron chi connectivity index (χ4n) is 0.930. The lowest BCUT2D eigenvalue weighted by molar-refractivity contribution is 0.940. The SMILES string of the molecule is C1=NC=C2NC=ICNC2=CN1. The molecule has 12 heavy (non-hydrogen) atoms. The lowest BCUT2D eigenvalue weighted by atomic mass is 10.3. The monoisotopic (exact) mass is 276 g/mol. The van der Waals surface area contributed by atoms with Crippen LogP contribution >= 0.6 is 20.7 Å². The maximum Gasteiger partial charge on any atom is 0.0920 e. The molecule has 0 saturated heterocycles. The minimum Gasteiger partial charge on any atom is -0.374 e. The molecule has 2 aliphatic heterocycles. The van der Waals surface area contributed by atoms with Gasteiger partial charge >= 0.3 is 0 Å². The van der Waals surface area contributed by atoms with Crippen LogP contribution in [0.3, 0.4) is 0 Å². The van der Waals surface area contributed by atoms with Crippen molar-refractivity contribution < 1.29 is 0 Å². The Kier molecular flexibility index (Phi) is 2.40. The third kappa shape index (κ3) is 1.66. The summed E-state index contributed by atoms with van der Waals surface area (Å²) in [5, 5.41) is 9.52. The lowest BCUT2D eigenvalue weighted by Crippen LogP contribution is -2.19. The normalized spacial score (nSPS) is 20.7. The van der Waals surface area contributed by atoms with Gasteiger partial charge in [-0.2, -0.15) is 0 Å². The summed E-state index contributed by atoms with van der Waals surface area (Å²) in [5.41, 5.74) is 2.12. The van der Waals surface area contributed by atoms with E-state index < -0.39 is 0 Å². The molecule has 0 aliphatic carbocycles. The van der Waals surface area contributed by atoms with Crippen LogP contribution in [-0.4, -0.2) is 15.0 Å². The van der Waals surface area contributed by atoms with Gasteiger partial charge in [0.25, 0.3) is 0 Å². The Bertz CT molecular complexity index is 290. The van der Waals surface area contributed by atoms with Gasteiger partial charge in [0.2, 0.25) is 0 Å². The number of nitrogens with one attached hydrogen (secondary N) is 3. The molecule has 0 unspecified atom stereocenters. The van der Waals surface area contributed by atoms with Gasteiger partial charge in [-0.15, -0.1) is 0 Å². The van der Waals surface area contributed by atoms with Gasteiger partial charge in [0, 0.05) is 10.3 Å². The molecule has 0 saturated carbocycles. The first-order valence-electron chi connectivity index (χ1n) is 3.55. The van der Waals surface area contributed by atoms with Crippen LogP contribution in [0.4, 0.5) is 0 Å². The predicted molar refractivity (Wildman–Crippen MR) is 59.0 cm³/mol. The van der Waals surface area contributed by atoms with Crippen LogP contribution in [0.15, 0.2) is 28.8 Å². The van der Waals surface area contributed by atoms with E-state index in [0.29, 0.717) is 0 Å². The summed E-state index contributed by atoms with van der Waals surface area (Å²) in [7, 11) is 0. The zero-order valence-electron chi connectivity index (χ0n) is 6.34. The number of nitrogens with zero attached hydrogens (tertiary/aromatic N) is 1. The first kappa shape index (κ1) is 7.78. The Labute approximate surface area is 80.6 Å². The Morgan fingerprint density at radius 3 is 3.42 bits per heavy atom. The number of hydrogen-bond donors (Lipinski definition) is 3. The summed E-state index contributed by atoms with van der Waals surface area (Å²) in [6, 6.07) is 0. The summed E-state index contributed by atoms with van der Waals surface area (Å²) < 4.78 is 3.20. The molecule has 0 fully saturated rings. The standard InChI is InChI=1S/C7H9IN4/c1-6-7(2-10-5-9-1)12-4-8-3-11-6/h1-3,5,11-12H,4H2,(H,9,10). The molecule has 2 aliphatic rings. The zero-order valence-corrected chi connectivity index (χ0v) is 8.50. The van der Waals surface area contributed by atoms with Crippen molar-refractivity contribution in [2.75, 3.05) is 4.55 Å². The van der Waals surface area contributed by atoms with E-state index >= 15 is 0 Å². The highest BCUT2D eigenvalue weighted by atomic mass is 127. The molecule has 0 amide bonds. The van der Waals surface area contributed by atoms with Crippen molar-refractivity contribution in [1.29, 1.82) is 0 Å². The van der Waals surface area contributed by atoms with E-state index in [1.165, 1.54) is 0 Å². The minimum atomic E-state index is 0.131. The summed E-state index contributed by atoms with van der Waals surface area (Å²) in [6.07, 6.45) is 5.38. The van der Waals surface area contributed by atoms with E-state index in [0.717, 1.165) is 15.9 Å². The lowest BCUT2D eigenvalue weighted by Gasteiger charge is -2.07. The van der Waals surface area contributed by atoms with Gasteiger partial charge in [0.1, 0.15) is 0 Å². The fourth-order valence-corrected chi connectivity index (χ4v) is 2.34. The summed E-state index contributed by atoms with van der Waals surface area (Å²) >= 11 is 0.131. The summed E-state index contributed by atoms with van der Waals surface area (Å²) in [5.74, 6) is 0. The number of fused-ring (bicyclic) bond motifs is 1. The molecule has 0 spiro atoms. The summed E-state index contributed by atoms with van der Waals surface area (Å²) in [4.78, 5) is 4.04. The zero-order chi connectivity index (χ0) is 8.23. The van der Waals surface area contributed by atoms with Crippen LogP contribution < -0.4 is 16.0 Å². The number of hydrogen-bond acceptors (Lipinski definition) is 4. The van der Waals surface area contributed by atoms with Crippen molar-refractivity contribution in [3.63, 3.8) is 0 Å². The second kappa shape index (κ2) is 3.70. The first-order valence-corrected chi connectivity index (χ1v) is 6.32. The highest BCUT2D eigenvalue weighted by Crippen LogP contribution is 2.08. The van der Waals surface area contributed by atoms with E-state index in [9.17, 15) is 0 Å². The van der Waals surface area contributed by atoms with E-state index in [1.54, 1.807) is 6.34 Å². The third-order valence-corrected chi connectivity index (χ3v) is 3.07. The van der Waals surface area contributed by atoms with E-state index in [2.05, 4.69) is 25.1 Å². The van der Waals surface area contributed by atoms with Gasteiger partial charge in [-0.1, -0.05) is 20.7 Å². The molecule has 0 aromatic rings. The maximum atomic E-state index is 4.04. The first-order chi connectivity index (χ1) is 5.97. The number of rotatable bonds is 0. The van der Waals surface area contributed by atoms with Crippen molar-refractivity contribution in [3.05, 3.63) is 23.8 Å². The van der Waals surface area contributed by atoms with Crippen LogP contribution in [0.1, 0.15) is 0 Å². The van der Waals surface area contributed by atoms with Crippen molar-refractivity contribution >= 4 is 31.2 Å². The molecular weight excluding hydrogens is 267 g/mol. The van der Waals surface area contributed by atoms with Gasteiger partial charge in [0.15, 0.2) is 0 Å². The molecule has 0 radical (unpaired) electrons. The molecule has 0 bridgehead atoms. The van der Waals surface area contributed by atoms with Gasteiger partial charge in [-0.25, -0.2) is 4.99 Å². The molecule has 0 aromatic heterocycles. The smallest absolute Gasteiger partial charge is 0.0920 e. The Morgan fingerprint density at radius 2 is 2.42 bits per heavy atom. The number of alkyl halides is 1. The van der Waals surface area contributed by atoms with Crippen LogP contribution in [0.5, 0.6) is 0 Å². The number of halogens is 1. The summed E-state index contributed by atoms with van der Waals surface area (Å²) in [6.45, 7) is 0. The molecular formula is C7H9IN4. The second-order valence-corrected chi connectivity index (χ2v) is 4.53. The quantitative estimate of drug-likeness (QED) is 0.336. The van der Waals surface area contributed by atoms with Gasteiger partial charge < -0.3 is 16.0 Å². The van der Waals surface area contributed by atoms with E-state index in [-0.39, 0.29) is 20.7 Å². The molecule has 5 heteroatoms. The molecule has 2 rings (SSSR count). The Morgan fingerprint density at radius 1 is 1.42 bits per heavy atom. The Balaban J connectivity index is 2.29. The average Bonchev–Trinajstić information content (AvgIpc) is 2.38. The topological polar surface area (TPSA) is 48.5 Å². The molecule has 64 valence electrons. The van der Waals surface area contributed by atoms with Crippen molar-refractivity contribution in [2.24, 2.45) is 4.99 Å². The van der Waals surface area contributed by atoms with Crippen LogP contribution in [0.2, 0.25) is 0 Å². The molecule has 3 N–H and O–H groups in total. The largest absolute Gasteiger partial charge is 0.374 e. The van der Waals surface area contributed by atoms with Crippen LogP contribution in [0, 0.1) is 0 Å². The highest BCUT2D eigenvalue weighted by Gasteiger charge is 2.06. The number of aliphatic imine (C=N–C) groups is 1. The Hall–Kier alpha value is -0.850. The van der Waals surface area contributed by atoms with E-state index in [4.69, 9.17) is 0 Å². The maximum absolute atomic E-state index is 4.04. The fraction of sp³-hybridized carbons (Fsp3) is 0.143. The third-order valence-electron chi connectivity index (χ3n) is 1.49. The minimum absolute atomic E-state index is 0.131. The van der Waals surface area contributed by atoms with Crippen LogP contribution in [0.25, 0.3) is 0 Å². The van der Waals surface area contributed by atoms with Crippen LogP contribution in [-0.2, 0) is 0 Å². The predicted octanol–water partition coefficient (Wildman–Crippen LogP) is 0.181. The second-order valence-electron chi connectivity index (χ2n) is 2.26. The van der Waals surface area contributed by atoms with Crippen molar-refractivity contribution in [3.8, 4) is 0 Å². The van der Waals surface area contributed by atoms with Gasteiger partial charge in [-0.05, 0) is 0 Å². The molecule has 2 heterocycles. The van der Waals surface area contributed by atoms with Gasteiger partial charge in [-0.3, -0.25) is 0 Å². The molecule has 4 nitrogen and oxygen atoms in total. The molecule has 0 atom stereocenters. The van der Waals surface area contributed by atoms with E-state index in [1.807, 2.05) is 12.4 Å². The van der Waals surface area contributed by atoms with Gasteiger partial charge in [0.05, 0.1) is 28.5 Å². The van der Waals surface area contributed by atoms with Crippen molar-refractivity contribution in [1.82, 2.24) is 16.0 Å².